The zero-order valence-electron chi connectivity index (χ0n) is 12.0. The molecular formula is C16H18N4. The number of nitrogens with one attached hydrogen (secondary N) is 1. The van der Waals surface area contributed by atoms with Crippen molar-refractivity contribution in [3.63, 3.8) is 0 Å². The fourth-order valence-electron chi connectivity index (χ4n) is 2.42. The Bertz CT molecular complexity index is 738. The van der Waals surface area contributed by atoms with Crippen LogP contribution in [0.25, 0.3) is 5.65 Å². The van der Waals surface area contributed by atoms with Gasteiger partial charge in [-0.3, -0.25) is 0 Å². The van der Waals surface area contributed by atoms with Gasteiger partial charge in [0.15, 0.2) is 11.5 Å². The Kier molecular flexibility index (Phi) is 3.14. The molecule has 4 heteroatoms. The maximum absolute atomic E-state index is 4.60. The number of aromatic nitrogens is 3. The zero-order chi connectivity index (χ0) is 14.1. The molecule has 2 heterocycles. The maximum atomic E-state index is 4.60. The van der Waals surface area contributed by atoms with E-state index >= 15 is 0 Å². The third-order valence-corrected chi connectivity index (χ3v) is 3.29. The van der Waals surface area contributed by atoms with E-state index < -0.39 is 0 Å². The molecule has 0 unspecified atom stereocenters. The first-order chi connectivity index (χ1) is 9.65. The standard InChI is InChI=1S/C16H18N4/c1-4-14-10-17-16-6-5-15(19-20(14)16)18-13-8-11(2)7-12(3)9-13/h5-10H,4H2,1-3H3,(H,18,19). The van der Waals surface area contributed by atoms with Gasteiger partial charge >= 0.3 is 0 Å². The Morgan fingerprint density at radius 3 is 2.55 bits per heavy atom. The topological polar surface area (TPSA) is 42.2 Å². The molecule has 3 rings (SSSR count). The molecule has 0 bridgehead atoms. The van der Waals surface area contributed by atoms with E-state index in [-0.39, 0.29) is 0 Å². The van der Waals surface area contributed by atoms with Crippen molar-refractivity contribution in [2.45, 2.75) is 27.2 Å². The summed E-state index contributed by atoms with van der Waals surface area (Å²) in [4.78, 5) is 4.34. The van der Waals surface area contributed by atoms with Crippen LogP contribution in [0.1, 0.15) is 23.7 Å². The number of fused-ring (bicyclic) bond motifs is 1. The van der Waals surface area contributed by atoms with Crippen LogP contribution in [0.4, 0.5) is 11.5 Å². The van der Waals surface area contributed by atoms with E-state index in [4.69, 9.17) is 0 Å². The van der Waals surface area contributed by atoms with Crippen molar-refractivity contribution in [2.24, 2.45) is 0 Å². The van der Waals surface area contributed by atoms with Gasteiger partial charge in [-0.05, 0) is 55.7 Å². The van der Waals surface area contributed by atoms with Crippen LogP contribution >= 0.6 is 0 Å². The summed E-state index contributed by atoms with van der Waals surface area (Å²) < 4.78 is 1.89. The highest BCUT2D eigenvalue weighted by Gasteiger charge is 2.04. The van der Waals surface area contributed by atoms with E-state index in [0.29, 0.717) is 0 Å². The monoisotopic (exact) mass is 266 g/mol. The summed E-state index contributed by atoms with van der Waals surface area (Å²) in [7, 11) is 0. The largest absolute Gasteiger partial charge is 0.339 e. The van der Waals surface area contributed by atoms with Crippen molar-refractivity contribution in [1.82, 2.24) is 14.6 Å². The van der Waals surface area contributed by atoms with Crippen molar-refractivity contribution < 1.29 is 0 Å². The molecule has 0 spiro atoms. The van der Waals surface area contributed by atoms with E-state index in [2.05, 4.69) is 54.4 Å². The van der Waals surface area contributed by atoms with Crippen LogP contribution in [0, 0.1) is 13.8 Å². The fraction of sp³-hybridized carbons (Fsp3) is 0.250. The van der Waals surface area contributed by atoms with Gasteiger partial charge in [0.1, 0.15) is 0 Å². The summed E-state index contributed by atoms with van der Waals surface area (Å²) in [5.41, 5.74) is 5.54. The van der Waals surface area contributed by atoms with Crippen LogP contribution in [0.5, 0.6) is 0 Å². The van der Waals surface area contributed by atoms with E-state index in [0.717, 1.165) is 29.3 Å². The number of rotatable bonds is 3. The molecule has 0 atom stereocenters. The van der Waals surface area contributed by atoms with E-state index in [1.807, 2.05) is 22.8 Å². The molecule has 0 amide bonds. The van der Waals surface area contributed by atoms with Crippen molar-refractivity contribution in [3.8, 4) is 0 Å². The third-order valence-electron chi connectivity index (χ3n) is 3.29. The Hall–Kier alpha value is -2.36. The molecule has 102 valence electrons. The molecule has 1 N–H and O–H groups in total. The van der Waals surface area contributed by atoms with Gasteiger partial charge in [-0.15, -0.1) is 5.10 Å². The van der Waals surface area contributed by atoms with Crippen molar-refractivity contribution >= 4 is 17.2 Å². The number of hydrogen-bond donors (Lipinski definition) is 1. The number of hydrogen-bond acceptors (Lipinski definition) is 3. The average Bonchev–Trinajstić information content (AvgIpc) is 2.79. The highest BCUT2D eigenvalue weighted by Crippen LogP contribution is 2.18. The second-order valence-electron chi connectivity index (χ2n) is 5.09. The van der Waals surface area contributed by atoms with E-state index in [1.165, 1.54) is 11.1 Å². The molecule has 20 heavy (non-hydrogen) atoms. The lowest BCUT2D eigenvalue weighted by Crippen LogP contribution is -2.01. The van der Waals surface area contributed by atoms with Crippen LogP contribution in [-0.2, 0) is 6.42 Å². The predicted molar refractivity (Wildman–Crippen MR) is 81.6 cm³/mol. The Labute approximate surface area is 118 Å². The second-order valence-corrected chi connectivity index (χ2v) is 5.09. The molecule has 0 aliphatic rings. The molecule has 0 saturated carbocycles. The van der Waals surface area contributed by atoms with Crippen molar-refractivity contribution in [2.75, 3.05) is 5.32 Å². The first-order valence-electron chi connectivity index (χ1n) is 6.84. The highest BCUT2D eigenvalue weighted by molar-refractivity contribution is 5.59. The summed E-state index contributed by atoms with van der Waals surface area (Å²) in [6.07, 6.45) is 2.80. The van der Waals surface area contributed by atoms with Gasteiger partial charge in [-0.25, -0.2) is 9.50 Å². The van der Waals surface area contributed by atoms with Crippen LogP contribution in [0.2, 0.25) is 0 Å². The van der Waals surface area contributed by atoms with Crippen LogP contribution in [-0.4, -0.2) is 14.6 Å². The first-order valence-corrected chi connectivity index (χ1v) is 6.84. The number of imidazole rings is 1. The minimum Gasteiger partial charge on any atom is -0.339 e. The van der Waals surface area contributed by atoms with Gasteiger partial charge in [0, 0.05) is 5.69 Å². The number of benzene rings is 1. The molecule has 4 nitrogen and oxygen atoms in total. The summed E-state index contributed by atoms with van der Waals surface area (Å²) in [5, 5.41) is 7.96. The molecule has 2 aromatic heterocycles. The molecule has 0 aliphatic carbocycles. The zero-order valence-corrected chi connectivity index (χ0v) is 12.0. The summed E-state index contributed by atoms with van der Waals surface area (Å²) >= 11 is 0. The Morgan fingerprint density at radius 1 is 1.10 bits per heavy atom. The number of aryl methyl sites for hydroxylation is 3. The number of anilines is 2. The molecule has 0 radical (unpaired) electrons. The second kappa shape index (κ2) is 4.96. The maximum Gasteiger partial charge on any atom is 0.153 e. The van der Waals surface area contributed by atoms with E-state index in [9.17, 15) is 0 Å². The lowest BCUT2D eigenvalue weighted by atomic mass is 10.1. The molecule has 1 aromatic carbocycles. The smallest absolute Gasteiger partial charge is 0.153 e. The summed E-state index contributed by atoms with van der Waals surface area (Å²) in [6.45, 7) is 6.30. The molecule has 0 saturated heterocycles. The normalized spacial score (nSPS) is 10.9. The molecular weight excluding hydrogens is 248 g/mol. The molecule has 0 aliphatic heterocycles. The SMILES string of the molecule is CCc1cnc2ccc(Nc3cc(C)cc(C)c3)nn12. The average molecular weight is 266 g/mol. The van der Waals surface area contributed by atoms with Crippen LogP contribution in [0.3, 0.4) is 0 Å². The van der Waals surface area contributed by atoms with Crippen molar-refractivity contribution in [1.29, 1.82) is 0 Å². The van der Waals surface area contributed by atoms with Crippen LogP contribution in [0.15, 0.2) is 36.5 Å². The minimum atomic E-state index is 0.829. The number of nitrogens with zero attached hydrogens (tertiary/aromatic N) is 3. The summed E-state index contributed by atoms with van der Waals surface area (Å²) in [6, 6.07) is 10.3. The lowest BCUT2D eigenvalue weighted by Gasteiger charge is -2.08. The minimum absolute atomic E-state index is 0.829. The van der Waals surface area contributed by atoms with E-state index in [1.54, 1.807) is 0 Å². The van der Waals surface area contributed by atoms with Gasteiger partial charge < -0.3 is 5.32 Å². The predicted octanol–water partition coefficient (Wildman–Crippen LogP) is 3.65. The fourth-order valence-corrected chi connectivity index (χ4v) is 2.42. The highest BCUT2D eigenvalue weighted by atomic mass is 15.3. The van der Waals surface area contributed by atoms with Crippen molar-refractivity contribution in [3.05, 3.63) is 53.3 Å². The first kappa shape index (κ1) is 12.7. The molecule has 3 aromatic rings. The van der Waals surface area contributed by atoms with Gasteiger partial charge in [-0.2, -0.15) is 0 Å². The third kappa shape index (κ3) is 2.37. The van der Waals surface area contributed by atoms with Gasteiger partial charge in [0.05, 0.1) is 11.9 Å². The Morgan fingerprint density at radius 2 is 1.85 bits per heavy atom. The Balaban J connectivity index is 1.97. The van der Waals surface area contributed by atoms with Gasteiger partial charge in [0.25, 0.3) is 0 Å². The van der Waals surface area contributed by atoms with Crippen LogP contribution < -0.4 is 5.32 Å². The van der Waals surface area contributed by atoms with Gasteiger partial charge in [0.2, 0.25) is 0 Å². The van der Waals surface area contributed by atoms with Gasteiger partial charge in [-0.1, -0.05) is 13.0 Å². The lowest BCUT2D eigenvalue weighted by molar-refractivity contribution is 0.864. The summed E-state index contributed by atoms with van der Waals surface area (Å²) in [5.74, 6) is 0.829. The molecule has 0 fully saturated rings. The quantitative estimate of drug-likeness (QED) is 0.786.